The van der Waals surface area contributed by atoms with Crippen LogP contribution in [0.25, 0.3) is 0 Å². The Bertz CT molecular complexity index is 1210. The first-order valence-electron chi connectivity index (χ1n) is 14.6. The van der Waals surface area contributed by atoms with Crippen molar-refractivity contribution < 1.29 is 9.50 Å². The maximum atomic E-state index is 14.0. The Balaban J connectivity index is 1.28. The number of aromatic hydroxyl groups is 1. The lowest BCUT2D eigenvalue weighted by atomic mass is 10.0. The lowest BCUT2D eigenvalue weighted by molar-refractivity contribution is 0.206. The highest BCUT2D eigenvalue weighted by molar-refractivity contribution is 7.80. The van der Waals surface area contributed by atoms with Crippen LogP contribution in [0.5, 0.6) is 5.75 Å². The van der Waals surface area contributed by atoms with E-state index < -0.39 is 5.82 Å². The van der Waals surface area contributed by atoms with E-state index in [9.17, 15) is 9.50 Å². The van der Waals surface area contributed by atoms with Crippen LogP contribution in [0.4, 0.5) is 10.1 Å². The molecule has 0 bridgehead atoms. The zero-order valence-corrected chi connectivity index (χ0v) is 24.0. The molecular weight excluding hydrogens is 523 g/mol. The highest BCUT2D eigenvalue weighted by Crippen LogP contribution is 2.22. The number of thiol groups is 1. The number of aliphatic imine (C=N–C) groups is 2. The quantitative estimate of drug-likeness (QED) is 0.164. The van der Waals surface area contributed by atoms with Crippen LogP contribution >= 0.6 is 12.6 Å². The molecule has 214 valence electrons. The van der Waals surface area contributed by atoms with E-state index in [1.807, 2.05) is 12.1 Å². The second-order valence-electron chi connectivity index (χ2n) is 11.1. The first kappa shape index (κ1) is 28.5. The second kappa shape index (κ2) is 14.0. The zero-order valence-electron chi connectivity index (χ0n) is 23.1. The standard InChI is InChI=1S/C31H41FN6OS/c32-27-20-25(12-15-28(27)39)34-30-9-5-8-29(33-23-6-3-1-2-4-7-23)36-31(37-30)35-24-16-18-38(19-17-24)21-22-10-13-26(40)14-11-22/h8,10-15,20,23-24,33,39-40H,1-7,9,16-19,21H2,(H2,34,35,36,37)/b29-8-. The summed E-state index contributed by atoms with van der Waals surface area (Å²) in [5, 5.41) is 20.0. The van der Waals surface area contributed by atoms with E-state index in [2.05, 4.69) is 51.7 Å². The predicted molar refractivity (Wildman–Crippen MR) is 164 cm³/mol. The SMILES string of the molecule is Oc1ccc(N/C2=N/C(=NC3CCN(Cc4ccc(S)cc4)CC3)N/C(NC3CCCCCC3)=C\CC2)cc1F. The van der Waals surface area contributed by atoms with E-state index in [0.717, 1.165) is 49.6 Å². The molecule has 1 aliphatic carbocycles. The van der Waals surface area contributed by atoms with Crippen molar-refractivity contribution in [1.29, 1.82) is 0 Å². The van der Waals surface area contributed by atoms with E-state index in [0.29, 0.717) is 29.9 Å². The Hall–Kier alpha value is -3.04. The monoisotopic (exact) mass is 564 g/mol. The topological polar surface area (TPSA) is 84.3 Å². The molecular formula is C31H41FN6OS. The Morgan fingerprint density at radius 2 is 1.77 bits per heavy atom. The minimum Gasteiger partial charge on any atom is -0.505 e. The fraction of sp³-hybridized carbons (Fsp3) is 0.484. The summed E-state index contributed by atoms with van der Waals surface area (Å²) in [6, 6.07) is 13.3. The summed E-state index contributed by atoms with van der Waals surface area (Å²) in [7, 11) is 0. The third-order valence-electron chi connectivity index (χ3n) is 7.87. The summed E-state index contributed by atoms with van der Waals surface area (Å²) in [4.78, 5) is 13.4. The number of amidine groups is 1. The largest absolute Gasteiger partial charge is 0.505 e. The van der Waals surface area contributed by atoms with Gasteiger partial charge in [0.2, 0.25) is 5.96 Å². The number of phenols is 1. The minimum absolute atomic E-state index is 0.174. The number of benzene rings is 2. The van der Waals surface area contributed by atoms with Gasteiger partial charge < -0.3 is 21.1 Å². The van der Waals surface area contributed by atoms with Crippen LogP contribution in [0.3, 0.4) is 0 Å². The van der Waals surface area contributed by atoms with Crippen LogP contribution < -0.4 is 16.0 Å². The van der Waals surface area contributed by atoms with Gasteiger partial charge in [-0.25, -0.2) is 9.38 Å². The first-order valence-corrected chi connectivity index (χ1v) is 15.1. The number of guanidine groups is 1. The van der Waals surface area contributed by atoms with Gasteiger partial charge in [0.25, 0.3) is 0 Å². The zero-order chi connectivity index (χ0) is 27.7. The van der Waals surface area contributed by atoms with Crippen molar-refractivity contribution in [2.45, 2.75) is 87.7 Å². The number of hydrogen-bond acceptors (Lipinski definition) is 6. The number of hydrogen-bond donors (Lipinski definition) is 5. The van der Waals surface area contributed by atoms with E-state index in [1.54, 1.807) is 6.07 Å². The summed E-state index contributed by atoms with van der Waals surface area (Å²) in [6.07, 6.45) is 13.1. The first-order chi connectivity index (χ1) is 19.5. The number of piperidine rings is 1. The number of likely N-dealkylation sites (tertiary alicyclic amines) is 1. The molecule has 0 radical (unpaired) electrons. The highest BCUT2D eigenvalue weighted by Gasteiger charge is 2.21. The van der Waals surface area contributed by atoms with Gasteiger partial charge in [0.05, 0.1) is 6.04 Å². The Morgan fingerprint density at radius 3 is 2.50 bits per heavy atom. The molecule has 0 atom stereocenters. The van der Waals surface area contributed by atoms with Gasteiger partial charge in [0.1, 0.15) is 11.7 Å². The third kappa shape index (κ3) is 8.48. The predicted octanol–water partition coefficient (Wildman–Crippen LogP) is 6.19. The van der Waals surface area contributed by atoms with Crippen LogP contribution in [0.1, 0.15) is 69.8 Å². The van der Waals surface area contributed by atoms with E-state index >= 15 is 0 Å². The molecule has 40 heavy (non-hydrogen) atoms. The molecule has 0 aromatic heterocycles. The normalized spacial score (nSPS) is 23.6. The average molecular weight is 565 g/mol. The van der Waals surface area contributed by atoms with Crippen molar-refractivity contribution in [1.82, 2.24) is 15.5 Å². The van der Waals surface area contributed by atoms with Crippen LogP contribution in [-0.2, 0) is 6.54 Å². The van der Waals surface area contributed by atoms with Crippen molar-refractivity contribution in [2.24, 2.45) is 9.98 Å². The van der Waals surface area contributed by atoms with Crippen molar-refractivity contribution in [3.63, 3.8) is 0 Å². The van der Waals surface area contributed by atoms with Crippen molar-refractivity contribution in [2.75, 3.05) is 18.4 Å². The molecule has 5 rings (SSSR count). The third-order valence-corrected chi connectivity index (χ3v) is 8.17. The van der Waals surface area contributed by atoms with Gasteiger partial charge in [0, 0.05) is 48.7 Å². The Kier molecular flexibility index (Phi) is 10.00. The van der Waals surface area contributed by atoms with Gasteiger partial charge >= 0.3 is 0 Å². The molecule has 2 heterocycles. The van der Waals surface area contributed by atoms with Gasteiger partial charge in [-0.05, 0) is 68.0 Å². The summed E-state index contributed by atoms with van der Waals surface area (Å²) < 4.78 is 14.0. The number of nitrogens with zero attached hydrogens (tertiary/aromatic N) is 3. The molecule has 2 aromatic rings. The fourth-order valence-corrected chi connectivity index (χ4v) is 5.77. The smallest absolute Gasteiger partial charge is 0.225 e. The molecule has 1 saturated heterocycles. The van der Waals surface area contributed by atoms with Gasteiger partial charge in [-0.15, -0.1) is 12.6 Å². The number of phenolic OH excluding ortho intramolecular Hbond substituents is 1. The highest BCUT2D eigenvalue weighted by atomic mass is 32.1. The second-order valence-corrected chi connectivity index (χ2v) is 11.6. The molecule has 2 aromatic carbocycles. The molecule has 1 saturated carbocycles. The summed E-state index contributed by atoms with van der Waals surface area (Å²) in [5.74, 6) is 1.25. The van der Waals surface area contributed by atoms with Crippen LogP contribution in [0.2, 0.25) is 0 Å². The Labute approximate surface area is 242 Å². The fourth-order valence-electron chi connectivity index (χ4n) is 5.62. The number of rotatable bonds is 6. The number of anilines is 1. The van der Waals surface area contributed by atoms with E-state index in [4.69, 9.17) is 9.98 Å². The number of halogens is 1. The number of allylic oxidation sites excluding steroid dienone is 1. The molecule has 0 spiro atoms. The molecule has 0 amide bonds. The van der Waals surface area contributed by atoms with Gasteiger partial charge in [-0.1, -0.05) is 37.8 Å². The molecule has 9 heteroatoms. The Morgan fingerprint density at radius 1 is 1.02 bits per heavy atom. The van der Waals surface area contributed by atoms with Crippen molar-refractivity contribution in [3.8, 4) is 5.75 Å². The van der Waals surface area contributed by atoms with Crippen LogP contribution in [0.15, 0.2) is 69.2 Å². The van der Waals surface area contributed by atoms with Crippen molar-refractivity contribution in [3.05, 3.63) is 65.7 Å². The average Bonchev–Trinajstić information content (AvgIpc) is 3.20. The van der Waals surface area contributed by atoms with E-state index in [1.165, 1.54) is 56.2 Å². The molecule has 2 aliphatic heterocycles. The minimum atomic E-state index is -0.661. The van der Waals surface area contributed by atoms with Gasteiger partial charge in [-0.2, -0.15) is 4.99 Å². The summed E-state index contributed by atoms with van der Waals surface area (Å²) in [6.45, 7) is 2.90. The van der Waals surface area contributed by atoms with Crippen LogP contribution in [-0.4, -0.2) is 47.0 Å². The molecule has 4 N–H and O–H groups in total. The van der Waals surface area contributed by atoms with Gasteiger partial charge in [-0.3, -0.25) is 4.90 Å². The lowest BCUT2D eigenvalue weighted by Crippen LogP contribution is -2.40. The molecule has 3 aliphatic rings. The lowest BCUT2D eigenvalue weighted by Gasteiger charge is -2.30. The maximum Gasteiger partial charge on any atom is 0.225 e. The van der Waals surface area contributed by atoms with Crippen LogP contribution in [0, 0.1) is 5.82 Å². The van der Waals surface area contributed by atoms with E-state index in [-0.39, 0.29) is 11.8 Å². The summed E-state index contributed by atoms with van der Waals surface area (Å²) in [5.41, 5.74) is 1.85. The van der Waals surface area contributed by atoms with Gasteiger partial charge in [0.15, 0.2) is 11.6 Å². The summed E-state index contributed by atoms with van der Waals surface area (Å²) >= 11 is 4.39. The maximum absolute atomic E-state index is 14.0. The molecule has 2 fully saturated rings. The van der Waals surface area contributed by atoms with Crippen molar-refractivity contribution >= 4 is 30.1 Å². The molecule has 7 nitrogen and oxygen atoms in total. The molecule has 0 unspecified atom stereocenters. The number of nitrogens with one attached hydrogen (secondary N) is 3.